The number of hydrogen-bond acceptors (Lipinski definition) is 3. The van der Waals surface area contributed by atoms with Gasteiger partial charge in [-0.2, -0.15) is 0 Å². The molecule has 0 unspecified atom stereocenters. The van der Waals surface area contributed by atoms with Gasteiger partial charge in [0.05, 0.1) is 5.02 Å². The number of rotatable bonds is 4. The van der Waals surface area contributed by atoms with Crippen molar-refractivity contribution in [3.63, 3.8) is 0 Å². The minimum atomic E-state index is -1.26. The lowest BCUT2D eigenvalue weighted by molar-refractivity contribution is 0.0693. The van der Waals surface area contributed by atoms with Crippen LogP contribution >= 0.6 is 11.6 Å². The second-order valence-electron chi connectivity index (χ2n) is 4.01. The van der Waals surface area contributed by atoms with E-state index in [0.29, 0.717) is 5.56 Å². The van der Waals surface area contributed by atoms with E-state index in [1.807, 2.05) is 0 Å². The highest BCUT2D eigenvalue weighted by molar-refractivity contribution is 6.31. The number of carbonyl (C=O) groups is 1. The van der Waals surface area contributed by atoms with Crippen molar-refractivity contribution in [2.24, 2.45) is 0 Å². The second kappa shape index (κ2) is 5.79. The van der Waals surface area contributed by atoms with E-state index in [1.165, 1.54) is 36.4 Å². The van der Waals surface area contributed by atoms with Gasteiger partial charge in [0.2, 0.25) is 0 Å². The fourth-order valence-electron chi connectivity index (χ4n) is 1.58. The summed E-state index contributed by atoms with van der Waals surface area (Å²) >= 11 is 5.85. The smallest absolute Gasteiger partial charge is 0.339 e. The quantitative estimate of drug-likeness (QED) is 0.906. The number of carboxylic acids is 1. The van der Waals surface area contributed by atoms with E-state index in [-0.39, 0.29) is 28.7 Å². The molecule has 6 heteroatoms. The lowest BCUT2D eigenvalue weighted by Gasteiger charge is -2.09. The SMILES string of the molecule is O=C(O)c1cc(OCc2ccc(F)cc2Cl)ccc1O. The second-order valence-corrected chi connectivity index (χ2v) is 4.42. The molecule has 0 heterocycles. The summed E-state index contributed by atoms with van der Waals surface area (Å²) in [7, 11) is 0. The van der Waals surface area contributed by atoms with Crippen LogP contribution < -0.4 is 4.74 Å². The molecule has 0 atom stereocenters. The molecule has 104 valence electrons. The molecule has 0 saturated carbocycles. The first-order chi connectivity index (χ1) is 9.47. The molecule has 0 aromatic heterocycles. The van der Waals surface area contributed by atoms with Crippen LogP contribution in [0, 0.1) is 5.82 Å². The monoisotopic (exact) mass is 296 g/mol. The lowest BCUT2D eigenvalue weighted by atomic mass is 10.2. The molecule has 0 aliphatic rings. The predicted octanol–water partition coefficient (Wildman–Crippen LogP) is 3.46. The summed E-state index contributed by atoms with van der Waals surface area (Å²) in [5, 5.41) is 18.5. The number of halogens is 2. The summed E-state index contributed by atoms with van der Waals surface area (Å²) in [6.07, 6.45) is 0. The Kier molecular flexibility index (Phi) is 4.10. The first-order valence-electron chi connectivity index (χ1n) is 5.60. The summed E-state index contributed by atoms with van der Waals surface area (Å²) in [6, 6.07) is 7.76. The number of ether oxygens (including phenoxy) is 1. The van der Waals surface area contributed by atoms with Crippen molar-refractivity contribution in [3.8, 4) is 11.5 Å². The summed E-state index contributed by atoms with van der Waals surface area (Å²) in [5.41, 5.74) is 0.311. The van der Waals surface area contributed by atoms with Crippen LogP contribution in [-0.4, -0.2) is 16.2 Å². The predicted molar refractivity (Wildman–Crippen MR) is 70.8 cm³/mol. The fourth-order valence-corrected chi connectivity index (χ4v) is 1.80. The van der Waals surface area contributed by atoms with Gasteiger partial charge in [-0.05, 0) is 30.3 Å². The van der Waals surface area contributed by atoms with Crippen molar-refractivity contribution in [3.05, 3.63) is 58.4 Å². The van der Waals surface area contributed by atoms with E-state index >= 15 is 0 Å². The molecule has 0 spiro atoms. The maximum absolute atomic E-state index is 12.9. The molecule has 20 heavy (non-hydrogen) atoms. The van der Waals surface area contributed by atoms with E-state index in [9.17, 15) is 14.3 Å². The Bertz CT molecular complexity index is 658. The van der Waals surface area contributed by atoms with Gasteiger partial charge in [-0.3, -0.25) is 0 Å². The zero-order valence-electron chi connectivity index (χ0n) is 10.1. The lowest BCUT2D eigenvalue weighted by Crippen LogP contribution is -2.00. The van der Waals surface area contributed by atoms with Crippen molar-refractivity contribution < 1.29 is 24.1 Å². The zero-order valence-corrected chi connectivity index (χ0v) is 10.9. The van der Waals surface area contributed by atoms with Crippen LogP contribution in [0.25, 0.3) is 0 Å². The van der Waals surface area contributed by atoms with E-state index in [1.54, 1.807) is 0 Å². The molecule has 2 rings (SSSR count). The number of phenols is 1. The van der Waals surface area contributed by atoms with Gasteiger partial charge in [-0.1, -0.05) is 17.7 Å². The molecular formula is C14H10ClFO4. The molecule has 2 aromatic rings. The van der Waals surface area contributed by atoms with Crippen LogP contribution in [0.2, 0.25) is 5.02 Å². The molecule has 0 radical (unpaired) electrons. The van der Waals surface area contributed by atoms with Gasteiger partial charge in [0.25, 0.3) is 0 Å². The van der Waals surface area contributed by atoms with Gasteiger partial charge in [-0.15, -0.1) is 0 Å². The first-order valence-corrected chi connectivity index (χ1v) is 5.98. The van der Waals surface area contributed by atoms with Crippen molar-refractivity contribution in [1.29, 1.82) is 0 Å². The Morgan fingerprint density at radius 2 is 2.00 bits per heavy atom. The van der Waals surface area contributed by atoms with Crippen LogP contribution in [0.5, 0.6) is 11.5 Å². The number of aromatic hydroxyl groups is 1. The highest BCUT2D eigenvalue weighted by Gasteiger charge is 2.11. The van der Waals surface area contributed by atoms with Crippen LogP contribution in [0.1, 0.15) is 15.9 Å². The minimum Gasteiger partial charge on any atom is -0.507 e. The van der Waals surface area contributed by atoms with Crippen LogP contribution in [0.4, 0.5) is 4.39 Å². The van der Waals surface area contributed by atoms with Gasteiger partial charge in [-0.25, -0.2) is 9.18 Å². The molecule has 2 N–H and O–H groups in total. The Morgan fingerprint density at radius 1 is 1.25 bits per heavy atom. The molecule has 4 nitrogen and oxygen atoms in total. The largest absolute Gasteiger partial charge is 0.507 e. The van der Waals surface area contributed by atoms with Crippen LogP contribution in [0.3, 0.4) is 0 Å². The molecule has 0 aliphatic carbocycles. The van der Waals surface area contributed by atoms with Gasteiger partial charge in [0.15, 0.2) is 0 Å². The first kappa shape index (κ1) is 14.1. The summed E-state index contributed by atoms with van der Waals surface area (Å²) < 4.78 is 18.3. The molecule has 0 bridgehead atoms. The van der Waals surface area contributed by atoms with E-state index in [0.717, 1.165) is 0 Å². The van der Waals surface area contributed by atoms with E-state index in [4.69, 9.17) is 21.4 Å². The highest BCUT2D eigenvalue weighted by Crippen LogP contribution is 2.25. The summed E-state index contributed by atoms with van der Waals surface area (Å²) in [6.45, 7) is 0.0585. The Morgan fingerprint density at radius 3 is 2.65 bits per heavy atom. The fraction of sp³-hybridized carbons (Fsp3) is 0.0714. The Balaban J connectivity index is 2.15. The maximum atomic E-state index is 12.9. The average molecular weight is 297 g/mol. The minimum absolute atomic E-state index is 0.0585. The van der Waals surface area contributed by atoms with Crippen LogP contribution in [0.15, 0.2) is 36.4 Å². The average Bonchev–Trinajstić information content (AvgIpc) is 2.39. The molecule has 0 fully saturated rings. The molecule has 0 aliphatic heterocycles. The van der Waals surface area contributed by atoms with Gasteiger partial charge >= 0.3 is 5.97 Å². The van der Waals surface area contributed by atoms with Crippen LogP contribution in [-0.2, 0) is 6.61 Å². The molecule has 0 amide bonds. The Hall–Kier alpha value is -2.27. The van der Waals surface area contributed by atoms with Gasteiger partial charge in [0, 0.05) is 5.56 Å². The number of hydrogen-bond donors (Lipinski definition) is 2. The highest BCUT2D eigenvalue weighted by atomic mass is 35.5. The zero-order chi connectivity index (χ0) is 14.7. The summed E-state index contributed by atoms with van der Waals surface area (Å²) in [5.74, 6) is -1.78. The molecule has 2 aromatic carbocycles. The third-order valence-corrected chi connectivity index (χ3v) is 2.96. The van der Waals surface area contributed by atoms with E-state index in [2.05, 4.69) is 0 Å². The number of carboxylic acid groups (broad SMARTS) is 1. The summed E-state index contributed by atoms with van der Waals surface area (Å²) in [4.78, 5) is 10.9. The number of benzene rings is 2. The standard InChI is InChI=1S/C14H10ClFO4/c15-12-5-9(16)2-1-8(12)7-20-10-3-4-13(17)11(6-10)14(18)19/h1-6,17H,7H2,(H,18,19). The van der Waals surface area contributed by atoms with Crippen molar-refractivity contribution >= 4 is 17.6 Å². The number of aromatic carboxylic acids is 1. The third kappa shape index (κ3) is 3.19. The van der Waals surface area contributed by atoms with Gasteiger partial charge in [0.1, 0.15) is 29.5 Å². The van der Waals surface area contributed by atoms with Crippen molar-refractivity contribution in [2.75, 3.05) is 0 Å². The van der Waals surface area contributed by atoms with Crippen molar-refractivity contribution in [2.45, 2.75) is 6.61 Å². The normalized spacial score (nSPS) is 10.3. The molecule has 0 saturated heterocycles. The molecular weight excluding hydrogens is 287 g/mol. The Labute approximate surface area is 119 Å². The topological polar surface area (TPSA) is 66.8 Å². The van der Waals surface area contributed by atoms with Crippen molar-refractivity contribution in [1.82, 2.24) is 0 Å². The maximum Gasteiger partial charge on any atom is 0.339 e. The van der Waals surface area contributed by atoms with Gasteiger partial charge < -0.3 is 14.9 Å². The third-order valence-electron chi connectivity index (χ3n) is 2.61. The van der Waals surface area contributed by atoms with E-state index < -0.39 is 11.8 Å².